The molecule has 0 aromatic heterocycles. The van der Waals surface area contributed by atoms with Crippen LogP contribution >= 0.6 is 0 Å². The van der Waals surface area contributed by atoms with E-state index in [0.717, 1.165) is 25.7 Å². The summed E-state index contributed by atoms with van der Waals surface area (Å²) < 4.78 is 24.5. The molecule has 2 fully saturated rings. The standard InChI is InChI=1S/C13H24N2O3S/c1-10-5-6-12(8-10)14-13(16)11-4-3-7-15(9-11)19(2,17)18/h10-12H,3-9H2,1-2H3,(H,14,16). The van der Waals surface area contributed by atoms with Crippen molar-refractivity contribution in [3.63, 3.8) is 0 Å². The molecular formula is C13H24N2O3S. The van der Waals surface area contributed by atoms with E-state index in [1.165, 1.54) is 17.0 Å². The summed E-state index contributed by atoms with van der Waals surface area (Å²) in [6.07, 6.45) is 6.05. The van der Waals surface area contributed by atoms with Crippen LogP contribution in [0.1, 0.15) is 39.0 Å². The van der Waals surface area contributed by atoms with E-state index >= 15 is 0 Å². The SMILES string of the molecule is CC1CCC(NC(=O)C2CCCN(S(C)(=O)=O)C2)C1. The molecule has 1 aliphatic heterocycles. The van der Waals surface area contributed by atoms with Crippen molar-refractivity contribution in [2.45, 2.75) is 45.1 Å². The van der Waals surface area contributed by atoms with Crippen LogP contribution in [-0.4, -0.2) is 44.0 Å². The highest BCUT2D eigenvalue weighted by molar-refractivity contribution is 7.88. The molecule has 110 valence electrons. The molecule has 2 rings (SSSR count). The fourth-order valence-corrected chi connectivity index (χ4v) is 4.03. The summed E-state index contributed by atoms with van der Waals surface area (Å²) in [6, 6.07) is 0.288. The van der Waals surface area contributed by atoms with E-state index < -0.39 is 10.0 Å². The second-order valence-electron chi connectivity index (χ2n) is 6.08. The molecule has 0 aromatic rings. The molecule has 3 atom stereocenters. The molecule has 2 aliphatic rings. The van der Waals surface area contributed by atoms with Gasteiger partial charge in [0.05, 0.1) is 12.2 Å². The Morgan fingerprint density at radius 3 is 2.58 bits per heavy atom. The van der Waals surface area contributed by atoms with Crippen LogP contribution in [-0.2, 0) is 14.8 Å². The summed E-state index contributed by atoms with van der Waals surface area (Å²) in [5.41, 5.74) is 0. The number of hydrogen-bond acceptors (Lipinski definition) is 3. The number of carbonyl (C=O) groups excluding carboxylic acids is 1. The van der Waals surface area contributed by atoms with E-state index in [0.29, 0.717) is 19.0 Å². The van der Waals surface area contributed by atoms with Crippen molar-refractivity contribution in [3.8, 4) is 0 Å². The molecule has 1 aliphatic carbocycles. The smallest absolute Gasteiger partial charge is 0.224 e. The van der Waals surface area contributed by atoms with Gasteiger partial charge in [-0.3, -0.25) is 4.79 Å². The van der Waals surface area contributed by atoms with E-state index in [1.807, 2.05) is 0 Å². The second kappa shape index (κ2) is 5.79. The minimum Gasteiger partial charge on any atom is -0.353 e. The van der Waals surface area contributed by atoms with Gasteiger partial charge in [-0.2, -0.15) is 0 Å². The third-order valence-corrected chi connectivity index (χ3v) is 5.53. The van der Waals surface area contributed by atoms with Crippen LogP contribution < -0.4 is 5.32 Å². The van der Waals surface area contributed by atoms with Crippen LogP contribution in [0.15, 0.2) is 0 Å². The largest absolute Gasteiger partial charge is 0.353 e. The Morgan fingerprint density at radius 2 is 2.00 bits per heavy atom. The van der Waals surface area contributed by atoms with Gasteiger partial charge in [0.2, 0.25) is 15.9 Å². The van der Waals surface area contributed by atoms with Crippen LogP contribution in [0.4, 0.5) is 0 Å². The molecule has 0 spiro atoms. The van der Waals surface area contributed by atoms with Crippen LogP contribution in [0.2, 0.25) is 0 Å². The maximum Gasteiger partial charge on any atom is 0.224 e. The molecule has 0 aromatic carbocycles. The number of sulfonamides is 1. The van der Waals surface area contributed by atoms with Gasteiger partial charge in [0.25, 0.3) is 0 Å². The van der Waals surface area contributed by atoms with Crippen molar-refractivity contribution >= 4 is 15.9 Å². The molecule has 19 heavy (non-hydrogen) atoms. The Kier molecular flexibility index (Phi) is 4.50. The Bertz CT molecular complexity index is 435. The number of nitrogens with one attached hydrogen (secondary N) is 1. The first-order chi connectivity index (χ1) is 8.86. The fraction of sp³-hybridized carbons (Fsp3) is 0.923. The highest BCUT2D eigenvalue weighted by Gasteiger charge is 2.32. The van der Waals surface area contributed by atoms with Gasteiger partial charge in [0.1, 0.15) is 0 Å². The monoisotopic (exact) mass is 288 g/mol. The first kappa shape index (κ1) is 14.8. The number of amides is 1. The van der Waals surface area contributed by atoms with Gasteiger partial charge in [0, 0.05) is 19.1 Å². The molecule has 1 saturated heterocycles. The third-order valence-electron chi connectivity index (χ3n) is 4.27. The van der Waals surface area contributed by atoms with E-state index in [9.17, 15) is 13.2 Å². The zero-order valence-electron chi connectivity index (χ0n) is 11.8. The Morgan fingerprint density at radius 1 is 1.26 bits per heavy atom. The Labute approximate surface area is 115 Å². The van der Waals surface area contributed by atoms with Crippen molar-refractivity contribution in [3.05, 3.63) is 0 Å². The van der Waals surface area contributed by atoms with Gasteiger partial charge in [0.15, 0.2) is 0 Å². The maximum absolute atomic E-state index is 12.2. The summed E-state index contributed by atoms with van der Waals surface area (Å²) in [4.78, 5) is 12.2. The van der Waals surface area contributed by atoms with E-state index in [2.05, 4.69) is 12.2 Å². The maximum atomic E-state index is 12.2. The van der Waals surface area contributed by atoms with Gasteiger partial charge < -0.3 is 5.32 Å². The van der Waals surface area contributed by atoms with Crippen molar-refractivity contribution in [1.29, 1.82) is 0 Å². The predicted molar refractivity (Wildman–Crippen MR) is 74.1 cm³/mol. The summed E-state index contributed by atoms with van der Waals surface area (Å²) in [7, 11) is -3.18. The highest BCUT2D eigenvalue weighted by atomic mass is 32.2. The lowest BCUT2D eigenvalue weighted by molar-refractivity contribution is -0.126. The number of nitrogens with zero attached hydrogens (tertiary/aromatic N) is 1. The minimum atomic E-state index is -3.18. The molecule has 1 N–H and O–H groups in total. The Hall–Kier alpha value is -0.620. The van der Waals surface area contributed by atoms with Crippen LogP contribution in [0.5, 0.6) is 0 Å². The van der Waals surface area contributed by atoms with E-state index in [-0.39, 0.29) is 17.9 Å². The van der Waals surface area contributed by atoms with Gasteiger partial charge in [-0.25, -0.2) is 12.7 Å². The first-order valence-electron chi connectivity index (χ1n) is 7.11. The lowest BCUT2D eigenvalue weighted by Gasteiger charge is -2.30. The molecule has 6 heteroatoms. The normalized spacial score (nSPS) is 33.3. The van der Waals surface area contributed by atoms with Crippen LogP contribution in [0.25, 0.3) is 0 Å². The van der Waals surface area contributed by atoms with Crippen LogP contribution in [0.3, 0.4) is 0 Å². The molecule has 1 saturated carbocycles. The first-order valence-corrected chi connectivity index (χ1v) is 8.96. The van der Waals surface area contributed by atoms with Gasteiger partial charge >= 0.3 is 0 Å². The van der Waals surface area contributed by atoms with Gasteiger partial charge in [-0.15, -0.1) is 0 Å². The molecular weight excluding hydrogens is 264 g/mol. The van der Waals surface area contributed by atoms with Gasteiger partial charge in [-0.1, -0.05) is 6.92 Å². The van der Waals surface area contributed by atoms with Crippen molar-refractivity contribution < 1.29 is 13.2 Å². The molecule has 1 heterocycles. The van der Waals surface area contributed by atoms with Crippen molar-refractivity contribution in [2.75, 3.05) is 19.3 Å². The number of piperidine rings is 1. The number of hydrogen-bond donors (Lipinski definition) is 1. The fourth-order valence-electron chi connectivity index (χ4n) is 3.11. The number of carbonyl (C=O) groups is 1. The zero-order chi connectivity index (χ0) is 14.0. The predicted octanol–water partition coefficient (Wildman–Crippen LogP) is 0.963. The second-order valence-corrected chi connectivity index (χ2v) is 8.07. The van der Waals surface area contributed by atoms with Crippen LogP contribution in [0, 0.1) is 11.8 Å². The average Bonchev–Trinajstić information content (AvgIpc) is 2.74. The summed E-state index contributed by atoms with van der Waals surface area (Å²) >= 11 is 0. The molecule has 1 amide bonds. The Balaban J connectivity index is 1.88. The molecule has 0 bridgehead atoms. The van der Waals surface area contributed by atoms with E-state index in [4.69, 9.17) is 0 Å². The zero-order valence-corrected chi connectivity index (χ0v) is 12.6. The lowest BCUT2D eigenvalue weighted by Crippen LogP contribution is -2.46. The molecule has 3 unspecified atom stereocenters. The average molecular weight is 288 g/mol. The molecule has 0 radical (unpaired) electrons. The van der Waals surface area contributed by atoms with E-state index in [1.54, 1.807) is 0 Å². The minimum absolute atomic E-state index is 0.0347. The topological polar surface area (TPSA) is 66.5 Å². The summed E-state index contributed by atoms with van der Waals surface area (Å²) in [5.74, 6) is 0.538. The van der Waals surface area contributed by atoms with Gasteiger partial charge in [-0.05, 0) is 38.0 Å². The van der Waals surface area contributed by atoms with Crippen molar-refractivity contribution in [2.24, 2.45) is 11.8 Å². The molecule has 5 nitrogen and oxygen atoms in total. The third kappa shape index (κ3) is 3.92. The quantitative estimate of drug-likeness (QED) is 0.841. The van der Waals surface area contributed by atoms with Crippen molar-refractivity contribution in [1.82, 2.24) is 9.62 Å². The number of rotatable bonds is 3. The highest BCUT2D eigenvalue weighted by Crippen LogP contribution is 2.26. The summed E-state index contributed by atoms with van der Waals surface area (Å²) in [6.45, 7) is 3.09. The lowest BCUT2D eigenvalue weighted by atomic mass is 9.98. The summed E-state index contributed by atoms with van der Waals surface area (Å²) in [5, 5.41) is 3.09.